The van der Waals surface area contributed by atoms with Crippen molar-refractivity contribution < 1.29 is 0 Å². The molecule has 0 fully saturated rings. The second-order valence-electron chi connectivity index (χ2n) is 3.42. The lowest BCUT2D eigenvalue weighted by Crippen LogP contribution is -1.93. The predicted molar refractivity (Wildman–Crippen MR) is 63.3 cm³/mol. The van der Waals surface area contributed by atoms with Crippen molar-refractivity contribution in [3.63, 3.8) is 0 Å². The average Bonchev–Trinajstić information content (AvgIpc) is 2.52. The van der Waals surface area contributed by atoms with Gasteiger partial charge in [0.15, 0.2) is 0 Å². The van der Waals surface area contributed by atoms with Gasteiger partial charge in [-0.3, -0.25) is 0 Å². The van der Waals surface area contributed by atoms with Crippen LogP contribution in [0.4, 0.5) is 0 Å². The third kappa shape index (κ3) is 4.24. The fourth-order valence-electron chi connectivity index (χ4n) is 1.44. The molecule has 0 aliphatic carbocycles. The maximum atomic E-state index is 4.41. The van der Waals surface area contributed by atoms with Crippen LogP contribution in [0.3, 0.4) is 0 Å². The Bertz CT molecular complexity index is 230. The predicted octanol–water partition coefficient (Wildman–Crippen LogP) is 4.30. The van der Waals surface area contributed by atoms with Gasteiger partial charge >= 0.3 is 0 Å². The monoisotopic (exact) mass is 212 g/mol. The molecule has 0 N–H and O–H groups in total. The molecule has 0 aliphatic heterocycles. The molecule has 1 aromatic heterocycles. The zero-order valence-electron chi connectivity index (χ0n) is 8.25. The summed E-state index contributed by atoms with van der Waals surface area (Å²) in [6.45, 7) is 2.25. The van der Waals surface area contributed by atoms with Gasteiger partial charge in [-0.15, -0.1) is 11.3 Å². The lowest BCUT2D eigenvalue weighted by atomic mass is 10.1. The quantitative estimate of drug-likeness (QED) is 0.487. The molecule has 1 rings (SSSR count). The van der Waals surface area contributed by atoms with E-state index < -0.39 is 0 Å². The second kappa shape index (κ2) is 6.56. The highest BCUT2D eigenvalue weighted by molar-refractivity contribution is 7.43. The molecular weight excluding hydrogens is 195 g/mol. The van der Waals surface area contributed by atoms with Gasteiger partial charge in [0.25, 0.3) is 0 Å². The summed E-state index contributed by atoms with van der Waals surface area (Å²) in [7, 11) is 4.41. The van der Waals surface area contributed by atoms with Crippen LogP contribution in [0.5, 0.6) is 0 Å². The zero-order valence-corrected chi connectivity index (χ0v) is 9.96. The Balaban J connectivity index is 2.10. The van der Waals surface area contributed by atoms with Gasteiger partial charge in [0, 0.05) is 13.9 Å². The molecule has 2 heteroatoms. The van der Waals surface area contributed by atoms with Gasteiger partial charge in [0.1, 0.15) is 0 Å². The summed E-state index contributed by atoms with van der Waals surface area (Å²) < 4.78 is 1.20. The van der Waals surface area contributed by atoms with E-state index >= 15 is 0 Å². The Morgan fingerprint density at radius 2 is 2.00 bits per heavy atom. The third-order valence-electron chi connectivity index (χ3n) is 2.27. The number of unbranched alkanes of at least 4 members (excludes halogenated alkanes) is 4. The molecule has 0 saturated carbocycles. The molecule has 0 bridgehead atoms. The first kappa shape index (κ1) is 11.2. The van der Waals surface area contributed by atoms with Gasteiger partial charge in [-0.25, -0.2) is 0 Å². The maximum Gasteiger partial charge on any atom is 0.0411 e. The van der Waals surface area contributed by atoms with Crippen molar-refractivity contribution in [1.29, 1.82) is 0 Å². The average molecular weight is 212 g/mol. The second-order valence-corrected chi connectivity index (χ2v) is 5.08. The molecule has 1 aromatic rings. The highest BCUT2D eigenvalue weighted by atomic mass is 32.1. The van der Waals surface area contributed by atoms with E-state index in [-0.39, 0.29) is 0 Å². The molecule has 72 valence electrons. The molecule has 0 unspecified atom stereocenters. The molecule has 0 atom stereocenters. The van der Waals surface area contributed by atoms with E-state index in [1.807, 2.05) is 0 Å². The van der Waals surface area contributed by atoms with Crippen LogP contribution in [0, 0.1) is 0 Å². The molecule has 1 heterocycles. The van der Waals surface area contributed by atoms with E-state index in [1.165, 1.54) is 48.7 Å². The lowest BCUT2D eigenvalue weighted by Gasteiger charge is -1.99. The Kier molecular flexibility index (Phi) is 5.66. The summed E-state index contributed by atoms with van der Waals surface area (Å²) in [5.74, 6) is 0. The summed E-state index contributed by atoms with van der Waals surface area (Å²) in [4.78, 5) is 0. The van der Waals surface area contributed by atoms with Crippen LogP contribution in [0.1, 0.15) is 44.6 Å². The van der Waals surface area contributed by atoms with Gasteiger partial charge in [0.2, 0.25) is 0 Å². The molecular formula is C11H17PS. The van der Waals surface area contributed by atoms with Crippen LogP contribution in [0.2, 0.25) is 0 Å². The van der Waals surface area contributed by atoms with E-state index in [4.69, 9.17) is 0 Å². The van der Waals surface area contributed by atoms with Gasteiger partial charge in [-0.1, -0.05) is 32.6 Å². The Morgan fingerprint density at radius 3 is 2.62 bits per heavy atom. The van der Waals surface area contributed by atoms with Crippen molar-refractivity contribution in [2.45, 2.75) is 45.4 Å². The van der Waals surface area contributed by atoms with Crippen LogP contribution in [0.15, 0.2) is 11.4 Å². The van der Waals surface area contributed by atoms with Crippen LogP contribution >= 0.6 is 20.6 Å². The minimum atomic E-state index is 1.20. The van der Waals surface area contributed by atoms with E-state index in [1.54, 1.807) is 11.3 Å². The largest absolute Gasteiger partial charge is 0.143 e. The van der Waals surface area contributed by atoms with Gasteiger partial charge in [0.05, 0.1) is 0 Å². The molecule has 0 amide bonds. The first-order chi connectivity index (χ1) is 6.34. The first-order valence-corrected chi connectivity index (χ1v) is 6.42. The highest BCUT2D eigenvalue weighted by Gasteiger charge is 1.99. The molecule has 0 nitrogen and oxygen atoms in total. The van der Waals surface area contributed by atoms with E-state index in [2.05, 4.69) is 27.6 Å². The summed E-state index contributed by atoms with van der Waals surface area (Å²) >= 11 is 1.74. The number of rotatable bonds is 6. The third-order valence-corrected chi connectivity index (χ3v) is 3.63. The fourth-order valence-corrected chi connectivity index (χ4v) is 2.49. The molecule has 0 aliphatic rings. The molecule has 0 saturated heterocycles. The van der Waals surface area contributed by atoms with Crippen molar-refractivity contribution in [3.8, 4) is 0 Å². The Morgan fingerprint density at radius 1 is 1.23 bits per heavy atom. The van der Waals surface area contributed by atoms with Crippen LogP contribution in [-0.2, 0) is 6.42 Å². The van der Waals surface area contributed by atoms with Crippen molar-refractivity contribution in [2.24, 2.45) is 0 Å². The van der Waals surface area contributed by atoms with Crippen LogP contribution in [0.25, 0.3) is 0 Å². The topological polar surface area (TPSA) is 0 Å². The lowest BCUT2D eigenvalue weighted by molar-refractivity contribution is 0.633. The summed E-state index contributed by atoms with van der Waals surface area (Å²) in [5.41, 5.74) is 1.44. The molecule has 13 heavy (non-hydrogen) atoms. The zero-order chi connectivity index (χ0) is 9.52. The van der Waals surface area contributed by atoms with Gasteiger partial charge in [-0.05, 0) is 29.9 Å². The highest BCUT2D eigenvalue weighted by Crippen LogP contribution is 2.12. The van der Waals surface area contributed by atoms with E-state index in [9.17, 15) is 0 Å². The smallest absolute Gasteiger partial charge is 0.0411 e. The summed E-state index contributed by atoms with van der Waals surface area (Å²) in [6.07, 6.45) is 8.02. The Hall–Kier alpha value is 0.130. The summed E-state index contributed by atoms with van der Waals surface area (Å²) in [6, 6.07) is 2.20. The van der Waals surface area contributed by atoms with Crippen LogP contribution in [-0.4, -0.2) is 0 Å². The Labute approximate surface area is 88.0 Å². The minimum absolute atomic E-state index is 1.20. The van der Waals surface area contributed by atoms with Crippen molar-refractivity contribution in [1.82, 2.24) is 0 Å². The molecule has 0 spiro atoms. The number of hydrogen-bond acceptors (Lipinski definition) is 1. The standard InChI is InChI=1S/C11H17PS/c1-2-3-4-5-6-7-10-8-9-13-11(10)12/h8-9H,2-7H2,1H3. The molecule has 2 radical (unpaired) electrons. The maximum absolute atomic E-state index is 4.41. The normalized spacial score (nSPS) is 10.6. The minimum Gasteiger partial charge on any atom is -0.143 e. The number of hydrogen-bond donors (Lipinski definition) is 0. The van der Waals surface area contributed by atoms with Crippen molar-refractivity contribution in [2.75, 3.05) is 0 Å². The van der Waals surface area contributed by atoms with Crippen molar-refractivity contribution in [3.05, 3.63) is 17.0 Å². The van der Waals surface area contributed by atoms with Gasteiger partial charge in [-0.2, -0.15) is 0 Å². The SMILES string of the molecule is CCCCCCCc1ccsc1[P]. The summed E-state index contributed by atoms with van der Waals surface area (Å²) in [5, 5.41) is 2.13. The van der Waals surface area contributed by atoms with E-state index in [0.29, 0.717) is 0 Å². The van der Waals surface area contributed by atoms with Gasteiger partial charge < -0.3 is 0 Å². The number of aryl methyl sites for hydroxylation is 1. The van der Waals surface area contributed by atoms with E-state index in [0.717, 1.165) is 0 Å². The molecule has 0 aromatic carbocycles. The first-order valence-electron chi connectivity index (χ1n) is 5.10. The number of thiophene rings is 1. The van der Waals surface area contributed by atoms with Crippen LogP contribution < -0.4 is 4.62 Å². The fraction of sp³-hybridized carbons (Fsp3) is 0.636. The van der Waals surface area contributed by atoms with Crippen molar-refractivity contribution >= 4 is 25.2 Å².